The number of pyridine rings is 2. The van der Waals surface area contributed by atoms with Crippen LogP contribution in [-0.2, 0) is 17.6 Å². The lowest BCUT2D eigenvalue weighted by Gasteiger charge is -2.26. The first-order chi connectivity index (χ1) is 17.2. The molecule has 2 N–H and O–H groups in total. The van der Waals surface area contributed by atoms with Gasteiger partial charge < -0.3 is 19.6 Å². The van der Waals surface area contributed by atoms with Crippen LogP contribution in [0.15, 0.2) is 61.1 Å². The lowest BCUT2D eigenvalue weighted by atomic mass is 10.0. The highest BCUT2D eigenvalue weighted by atomic mass is 16.5. The molecule has 4 aromatic rings. The number of morpholine rings is 1. The molecule has 7 nitrogen and oxygen atoms in total. The van der Waals surface area contributed by atoms with Crippen LogP contribution in [-0.4, -0.2) is 64.4 Å². The molecule has 35 heavy (non-hydrogen) atoms. The van der Waals surface area contributed by atoms with E-state index in [1.165, 1.54) is 11.1 Å². The minimum atomic E-state index is -0.798. The molecule has 1 unspecified atom stereocenters. The molecule has 3 aromatic heterocycles. The van der Waals surface area contributed by atoms with Gasteiger partial charge in [0.2, 0.25) is 0 Å². The fourth-order valence-corrected chi connectivity index (χ4v) is 4.38. The summed E-state index contributed by atoms with van der Waals surface area (Å²) in [6, 6.07) is 14.5. The van der Waals surface area contributed by atoms with Crippen LogP contribution in [0, 0.1) is 6.92 Å². The molecule has 1 aromatic carbocycles. The van der Waals surface area contributed by atoms with Crippen LogP contribution in [0.2, 0.25) is 0 Å². The molecule has 1 atom stereocenters. The number of hydrogen-bond donors (Lipinski definition) is 2. The predicted molar refractivity (Wildman–Crippen MR) is 136 cm³/mol. The normalized spacial score (nSPS) is 15.4. The van der Waals surface area contributed by atoms with Crippen LogP contribution < -0.4 is 4.74 Å². The van der Waals surface area contributed by atoms with Crippen molar-refractivity contribution in [2.24, 2.45) is 0 Å². The van der Waals surface area contributed by atoms with E-state index in [0.29, 0.717) is 12.4 Å². The number of aromatic amines is 1. The number of aliphatic hydroxyl groups is 1. The maximum absolute atomic E-state index is 11.1. The molecule has 1 saturated heterocycles. The second-order valence-electron chi connectivity index (χ2n) is 9.08. The highest BCUT2D eigenvalue weighted by molar-refractivity contribution is 5.81. The summed E-state index contributed by atoms with van der Waals surface area (Å²) in [7, 11) is 0. The van der Waals surface area contributed by atoms with E-state index in [2.05, 4.69) is 51.0 Å². The third-order valence-electron chi connectivity index (χ3n) is 6.57. The van der Waals surface area contributed by atoms with E-state index in [9.17, 15) is 5.11 Å². The minimum Gasteiger partial charge on any atom is -0.491 e. The fraction of sp³-hybridized carbons (Fsp3) is 0.357. The largest absolute Gasteiger partial charge is 0.491 e. The van der Waals surface area contributed by atoms with Crippen LogP contribution in [0.1, 0.15) is 34.1 Å². The van der Waals surface area contributed by atoms with E-state index >= 15 is 0 Å². The Hall–Kier alpha value is -3.26. The number of benzene rings is 1. The number of rotatable bonds is 9. The lowest BCUT2D eigenvalue weighted by molar-refractivity contribution is 0.0322. The van der Waals surface area contributed by atoms with Crippen LogP contribution >= 0.6 is 0 Å². The van der Waals surface area contributed by atoms with Gasteiger partial charge in [0, 0.05) is 54.2 Å². The molecule has 0 spiro atoms. The molecule has 7 heteroatoms. The first-order valence-corrected chi connectivity index (χ1v) is 12.2. The number of aryl methyl sites for hydroxylation is 3. The van der Waals surface area contributed by atoms with E-state index in [1.807, 2.05) is 24.4 Å². The minimum absolute atomic E-state index is 0.587. The summed E-state index contributed by atoms with van der Waals surface area (Å²) >= 11 is 0. The maximum atomic E-state index is 11.1. The highest BCUT2D eigenvalue weighted by Crippen LogP contribution is 2.30. The summed E-state index contributed by atoms with van der Waals surface area (Å²) in [6.45, 7) is 6.97. The van der Waals surface area contributed by atoms with Gasteiger partial charge in [-0.3, -0.25) is 9.88 Å². The molecular formula is C28H32N4O3. The lowest BCUT2D eigenvalue weighted by Crippen LogP contribution is -2.38. The van der Waals surface area contributed by atoms with Crippen molar-refractivity contribution in [2.45, 2.75) is 25.9 Å². The number of nitrogens with one attached hydrogen (secondary N) is 1. The number of H-pyrrole nitrogens is 1. The quantitative estimate of drug-likeness (QED) is 0.385. The molecule has 0 amide bonds. The van der Waals surface area contributed by atoms with Gasteiger partial charge in [0.05, 0.1) is 19.4 Å². The topological polar surface area (TPSA) is 83.5 Å². The van der Waals surface area contributed by atoms with Crippen molar-refractivity contribution in [3.05, 3.63) is 89.0 Å². The third kappa shape index (κ3) is 5.88. The van der Waals surface area contributed by atoms with Crippen molar-refractivity contribution in [2.75, 3.05) is 39.5 Å². The molecule has 1 aliphatic heterocycles. The first kappa shape index (κ1) is 23.5. The molecule has 1 aliphatic rings. The fourth-order valence-electron chi connectivity index (χ4n) is 4.38. The van der Waals surface area contributed by atoms with Crippen molar-refractivity contribution in [3.63, 3.8) is 0 Å². The Morgan fingerprint density at radius 2 is 1.89 bits per heavy atom. The van der Waals surface area contributed by atoms with Gasteiger partial charge in [0.15, 0.2) is 0 Å². The summed E-state index contributed by atoms with van der Waals surface area (Å²) in [4.78, 5) is 14.6. The zero-order valence-corrected chi connectivity index (χ0v) is 20.1. The SMILES string of the molecule is Cc1ccc(CCc2ccc(C(O)c3c[nH]c4ncc(OCCN5CCOCC5)cc34)cn2)cc1. The van der Waals surface area contributed by atoms with E-state index in [1.54, 1.807) is 12.4 Å². The Labute approximate surface area is 205 Å². The van der Waals surface area contributed by atoms with Crippen LogP contribution in [0.3, 0.4) is 0 Å². The van der Waals surface area contributed by atoms with E-state index in [-0.39, 0.29) is 0 Å². The third-order valence-corrected chi connectivity index (χ3v) is 6.57. The number of fused-ring (bicyclic) bond motifs is 1. The molecule has 4 heterocycles. The highest BCUT2D eigenvalue weighted by Gasteiger charge is 2.17. The van der Waals surface area contributed by atoms with Crippen LogP contribution in [0.25, 0.3) is 11.0 Å². The number of hydrogen-bond acceptors (Lipinski definition) is 6. The Balaban J connectivity index is 1.22. The van der Waals surface area contributed by atoms with Crippen molar-refractivity contribution in [1.82, 2.24) is 19.9 Å². The van der Waals surface area contributed by atoms with Gasteiger partial charge in [0.25, 0.3) is 0 Å². The summed E-state index contributed by atoms with van der Waals surface area (Å²) in [5, 5.41) is 11.9. The van der Waals surface area contributed by atoms with Gasteiger partial charge in [-0.05, 0) is 37.5 Å². The van der Waals surface area contributed by atoms with E-state index in [4.69, 9.17) is 9.47 Å². The molecule has 5 rings (SSSR count). The molecule has 182 valence electrons. The van der Waals surface area contributed by atoms with Gasteiger partial charge in [-0.1, -0.05) is 35.9 Å². The average molecular weight is 473 g/mol. The van der Waals surface area contributed by atoms with E-state index in [0.717, 1.165) is 73.5 Å². The summed E-state index contributed by atoms with van der Waals surface area (Å²) < 4.78 is 11.4. The monoisotopic (exact) mass is 472 g/mol. The van der Waals surface area contributed by atoms with Crippen molar-refractivity contribution >= 4 is 11.0 Å². The smallest absolute Gasteiger partial charge is 0.138 e. The summed E-state index contributed by atoms with van der Waals surface area (Å²) in [5.41, 5.74) is 5.82. The van der Waals surface area contributed by atoms with Gasteiger partial charge >= 0.3 is 0 Å². The van der Waals surface area contributed by atoms with Crippen molar-refractivity contribution in [3.8, 4) is 5.75 Å². The summed E-state index contributed by atoms with van der Waals surface area (Å²) in [6.07, 6.45) is 6.31. The van der Waals surface area contributed by atoms with Gasteiger partial charge in [-0.15, -0.1) is 0 Å². The zero-order chi connectivity index (χ0) is 24.0. The van der Waals surface area contributed by atoms with Crippen LogP contribution in [0.4, 0.5) is 0 Å². The Kier molecular flexibility index (Phi) is 7.37. The second kappa shape index (κ2) is 11.0. The first-order valence-electron chi connectivity index (χ1n) is 12.2. The number of ether oxygens (including phenoxy) is 2. The second-order valence-corrected chi connectivity index (χ2v) is 9.08. The van der Waals surface area contributed by atoms with E-state index < -0.39 is 6.10 Å². The predicted octanol–water partition coefficient (Wildman–Crippen LogP) is 3.84. The zero-order valence-electron chi connectivity index (χ0n) is 20.1. The van der Waals surface area contributed by atoms with Crippen molar-refractivity contribution < 1.29 is 14.6 Å². The molecule has 1 fully saturated rings. The number of aromatic nitrogens is 3. The molecule has 0 bridgehead atoms. The van der Waals surface area contributed by atoms with Gasteiger partial charge in [0.1, 0.15) is 24.1 Å². The molecular weight excluding hydrogens is 440 g/mol. The number of aliphatic hydroxyl groups excluding tert-OH is 1. The molecule has 0 saturated carbocycles. The van der Waals surface area contributed by atoms with Gasteiger partial charge in [-0.25, -0.2) is 4.98 Å². The van der Waals surface area contributed by atoms with Gasteiger partial charge in [-0.2, -0.15) is 0 Å². The number of nitrogens with zero attached hydrogens (tertiary/aromatic N) is 3. The molecule has 0 aliphatic carbocycles. The molecule has 0 radical (unpaired) electrons. The Morgan fingerprint density at radius 1 is 1.06 bits per heavy atom. The Morgan fingerprint density at radius 3 is 2.66 bits per heavy atom. The maximum Gasteiger partial charge on any atom is 0.138 e. The Bertz CT molecular complexity index is 1230. The summed E-state index contributed by atoms with van der Waals surface area (Å²) in [5.74, 6) is 0.698. The standard InChI is InChI=1S/C28H32N4O3/c1-20-2-4-21(5-3-20)6-8-23-9-7-22(17-29-23)27(33)26-19-31-28-25(26)16-24(18-30-28)35-15-12-32-10-13-34-14-11-32/h2-5,7,9,16-19,27,33H,6,8,10-15H2,1H3,(H,30,31). The van der Waals surface area contributed by atoms with Crippen molar-refractivity contribution in [1.29, 1.82) is 0 Å². The van der Waals surface area contributed by atoms with Crippen LogP contribution in [0.5, 0.6) is 5.75 Å². The average Bonchev–Trinajstić information content (AvgIpc) is 3.32.